The van der Waals surface area contributed by atoms with Crippen molar-refractivity contribution in [3.05, 3.63) is 64.8 Å². The summed E-state index contributed by atoms with van der Waals surface area (Å²) >= 11 is 0. The van der Waals surface area contributed by atoms with Gasteiger partial charge in [-0.05, 0) is 36.5 Å². The van der Waals surface area contributed by atoms with Crippen LogP contribution in [0.15, 0.2) is 35.2 Å². The smallest absolute Gasteiger partial charge is 0.249 e. The van der Waals surface area contributed by atoms with Gasteiger partial charge in [-0.3, -0.25) is 9.59 Å². The van der Waals surface area contributed by atoms with Gasteiger partial charge in [0, 0.05) is 25.5 Å². The van der Waals surface area contributed by atoms with Gasteiger partial charge in [-0.15, -0.1) is 0 Å². The number of nitrogens with zero attached hydrogens (tertiary/aromatic N) is 3. The molecule has 1 unspecified atom stereocenters. The second-order valence-corrected chi connectivity index (χ2v) is 9.63. The molecular formula is C26H35N7O3. The molecule has 4 rings (SSSR count). The summed E-state index contributed by atoms with van der Waals surface area (Å²) in [5.74, 6) is 0.803. The lowest BCUT2D eigenvalue weighted by molar-refractivity contribution is -0.129. The van der Waals surface area contributed by atoms with Crippen LogP contribution in [-0.4, -0.2) is 44.5 Å². The molecule has 10 nitrogen and oxygen atoms in total. The van der Waals surface area contributed by atoms with Crippen molar-refractivity contribution >= 4 is 11.8 Å². The number of hydrogen-bond donors (Lipinski definition) is 4. The number of aromatic amines is 1. The molecule has 0 saturated heterocycles. The van der Waals surface area contributed by atoms with Crippen molar-refractivity contribution in [1.82, 2.24) is 30.7 Å². The third-order valence-electron chi connectivity index (χ3n) is 6.90. The maximum absolute atomic E-state index is 13.5. The Morgan fingerprint density at radius 1 is 1.17 bits per heavy atom. The summed E-state index contributed by atoms with van der Waals surface area (Å²) in [7, 11) is 0. The lowest BCUT2D eigenvalue weighted by Gasteiger charge is -2.23. The van der Waals surface area contributed by atoms with Crippen LogP contribution < -0.4 is 16.4 Å². The fourth-order valence-electron chi connectivity index (χ4n) is 4.89. The number of hydrogen-bond acceptors (Lipinski definition) is 7. The minimum absolute atomic E-state index is 0.207. The number of H-pyrrole nitrogens is 1. The van der Waals surface area contributed by atoms with E-state index < -0.39 is 18.0 Å². The van der Waals surface area contributed by atoms with Crippen molar-refractivity contribution in [2.45, 2.75) is 70.9 Å². The van der Waals surface area contributed by atoms with Crippen LogP contribution in [0.1, 0.15) is 65.8 Å². The summed E-state index contributed by atoms with van der Waals surface area (Å²) in [5, 5.41) is 9.98. The number of benzene rings is 1. The predicted octanol–water partition coefficient (Wildman–Crippen LogP) is 2.23. The van der Waals surface area contributed by atoms with Gasteiger partial charge in [0.05, 0.1) is 18.6 Å². The van der Waals surface area contributed by atoms with E-state index in [1.165, 1.54) is 25.7 Å². The highest BCUT2D eigenvalue weighted by Gasteiger charge is 2.29. The first kappa shape index (κ1) is 25.6. The highest BCUT2D eigenvalue weighted by atomic mass is 16.5. The molecule has 1 fully saturated rings. The van der Waals surface area contributed by atoms with Crippen molar-refractivity contribution in [1.29, 1.82) is 0 Å². The maximum Gasteiger partial charge on any atom is 0.249 e. The van der Waals surface area contributed by atoms with Crippen LogP contribution >= 0.6 is 0 Å². The Bertz CT molecular complexity index is 1130. The largest absolute Gasteiger partial charge is 0.351 e. The minimum atomic E-state index is -0.816. The number of imidazole rings is 1. The molecule has 10 heteroatoms. The van der Waals surface area contributed by atoms with E-state index in [-0.39, 0.29) is 12.5 Å². The molecule has 36 heavy (non-hydrogen) atoms. The monoisotopic (exact) mass is 493 g/mol. The number of carbonyl (C=O) groups excluding carboxylic acids is 2. The molecule has 2 amide bonds. The SMILES string of the molecule is Cc1cccc(C)c1C[C@H](NC(=O)CN)C(=O)NC(Cc1c[nH]cn1)c1nc(CC2CCCC2)no1. The molecule has 2 aromatic heterocycles. The number of nitrogens with one attached hydrogen (secondary N) is 3. The third-order valence-corrected chi connectivity index (χ3v) is 6.90. The van der Waals surface area contributed by atoms with Gasteiger partial charge in [-0.2, -0.15) is 4.98 Å². The molecule has 2 heterocycles. The first-order valence-electron chi connectivity index (χ1n) is 12.6. The number of aromatic nitrogens is 4. The topological polar surface area (TPSA) is 152 Å². The van der Waals surface area contributed by atoms with Gasteiger partial charge in [-0.25, -0.2) is 4.98 Å². The zero-order valence-electron chi connectivity index (χ0n) is 20.9. The molecular weight excluding hydrogens is 458 g/mol. The third kappa shape index (κ3) is 6.57. The van der Waals surface area contributed by atoms with Gasteiger partial charge < -0.3 is 25.9 Å². The molecule has 5 N–H and O–H groups in total. The standard InChI is InChI=1S/C26H35N7O3/c1-16-6-5-7-17(2)20(16)12-21(30-24(34)13-27)25(35)31-22(11-19-14-28-15-29-19)26-32-23(33-36-26)10-18-8-3-4-9-18/h5-7,14-15,18,21-22H,3-4,8-13,27H2,1-2H3,(H,28,29)(H,30,34)(H,31,35)/t21-,22?/m0/s1. The van der Waals surface area contributed by atoms with E-state index in [1.807, 2.05) is 32.0 Å². The van der Waals surface area contributed by atoms with Crippen LogP contribution in [0.3, 0.4) is 0 Å². The normalized spacial score (nSPS) is 15.5. The Kier molecular flexibility index (Phi) is 8.48. The van der Waals surface area contributed by atoms with E-state index in [1.54, 1.807) is 12.5 Å². The summed E-state index contributed by atoms with van der Waals surface area (Å²) in [5.41, 5.74) is 9.39. The van der Waals surface area contributed by atoms with Crippen molar-refractivity contribution < 1.29 is 14.1 Å². The number of amides is 2. The van der Waals surface area contributed by atoms with Crippen LogP contribution in [0, 0.1) is 19.8 Å². The molecule has 0 radical (unpaired) electrons. The Labute approximate surface area is 210 Å². The quantitative estimate of drug-likeness (QED) is 0.320. The number of carbonyl (C=O) groups is 2. The number of aryl methyl sites for hydroxylation is 2. The average Bonchev–Trinajstić information content (AvgIpc) is 3.64. The van der Waals surface area contributed by atoms with E-state index in [9.17, 15) is 9.59 Å². The van der Waals surface area contributed by atoms with Crippen LogP contribution in [0.25, 0.3) is 0 Å². The molecule has 2 atom stereocenters. The zero-order valence-corrected chi connectivity index (χ0v) is 20.9. The fraction of sp³-hybridized carbons (Fsp3) is 0.500. The predicted molar refractivity (Wildman–Crippen MR) is 134 cm³/mol. The summed E-state index contributed by atoms with van der Waals surface area (Å²) in [6.07, 6.45) is 9.65. The second-order valence-electron chi connectivity index (χ2n) is 9.63. The first-order valence-corrected chi connectivity index (χ1v) is 12.6. The fourth-order valence-corrected chi connectivity index (χ4v) is 4.89. The van der Waals surface area contributed by atoms with Gasteiger partial charge in [0.2, 0.25) is 17.7 Å². The molecule has 1 aliphatic carbocycles. The minimum Gasteiger partial charge on any atom is -0.351 e. The van der Waals surface area contributed by atoms with Gasteiger partial charge >= 0.3 is 0 Å². The van der Waals surface area contributed by atoms with Crippen LogP contribution in [0.5, 0.6) is 0 Å². The average molecular weight is 494 g/mol. The van der Waals surface area contributed by atoms with Crippen LogP contribution in [0.4, 0.5) is 0 Å². The Morgan fingerprint density at radius 3 is 2.58 bits per heavy atom. The van der Waals surface area contributed by atoms with Crippen molar-refractivity contribution in [3.8, 4) is 0 Å². The molecule has 3 aromatic rings. The number of rotatable bonds is 11. The highest BCUT2D eigenvalue weighted by Crippen LogP contribution is 2.28. The van der Waals surface area contributed by atoms with E-state index in [2.05, 4.69) is 30.7 Å². The van der Waals surface area contributed by atoms with E-state index >= 15 is 0 Å². The summed E-state index contributed by atoms with van der Waals surface area (Å²) in [6.45, 7) is 3.78. The van der Waals surface area contributed by atoms with Crippen molar-refractivity contribution in [2.24, 2.45) is 11.7 Å². The summed E-state index contributed by atoms with van der Waals surface area (Å²) < 4.78 is 5.60. The number of nitrogens with two attached hydrogens (primary N) is 1. The molecule has 0 bridgehead atoms. The molecule has 1 aromatic carbocycles. The molecule has 1 saturated carbocycles. The molecule has 192 valence electrons. The van der Waals surface area contributed by atoms with E-state index in [0.717, 1.165) is 28.8 Å². The summed E-state index contributed by atoms with van der Waals surface area (Å²) in [4.78, 5) is 37.6. The maximum atomic E-state index is 13.5. The molecule has 0 aliphatic heterocycles. The van der Waals surface area contributed by atoms with Crippen molar-refractivity contribution in [3.63, 3.8) is 0 Å². The van der Waals surface area contributed by atoms with Gasteiger partial charge in [0.1, 0.15) is 12.1 Å². The highest BCUT2D eigenvalue weighted by molar-refractivity contribution is 5.88. The first-order chi connectivity index (χ1) is 17.4. The van der Waals surface area contributed by atoms with Gasteiger partial charge in [0.25, 0.3) is 0 Å². The van der Waals surface area contributed by atoms with Gasteiger partial charge in [0.15, 0.2) is 5.82 Å². The Balaban J connectivity index is 1.54. The van der Waals surface area contributed by atoms with E-state index in [0.29, 0.717) is 30.5 Å². The lowest BCUT2D eigenvalue weighted by atomic mass is 9.95. The van der Waals surface area contributed by atoms with Crippen LogP contribution in [-0.2, 0) is 28.9 Å². The second kappa shape index (κ2) is 11.9. The van der Waals surface area contributed by atoms with Crippen molar-refractivity contribution in [2.75, 3.05) is 6.54 Å². The lowest BCUT2D eigenvalue weighted by Crippen LogP contribution is -2.50. The van der Waals surface area contributed by atoms with Crippen LogP contribution in [0.2, 0.25) is 0 Å². The van der Waals surface area contributed by atoms with Gasteiger partial charge in [-0.1, -0.05) is 49.0 Å². The van der Waals surface area contributed by atoms with E-state index in [4.69, 9.17) is 10.3 Å². The molecule has 1 aliphatic rings. The Morgan fingerprint density at radius 2 is 1.92 bits per heavy atom. The molecule has 0 spiro atoms. The zero-order chi connectivity index (χ0) is 25.5. The summed E-state index contributed by atoms with van der Waals surface area (Å²) in [6, 6.07) is 4.55. The Hall–Kier alpha value is -3.53.